The Morgan fingerprint density at radius 2 is 2.38 bits per heavy atom. The van der Waals surface area contributed by atoms with Gasteiger partial charge in [0.1, 0.15) is 0 Å². The minimum atomic E-state index is 0.453. The summed E-state index contributed by atoms with van der Waals surface area (Å²) in [5.41, 5.74) is 2.22. The lowest BCUT2D eigenvalue weighted by molar-refractivity contribution is 0.366. The van der Waals surface area contributed by atoms with E-state index in [1.54, 1.807) is 4.68 Å². The fourth-order valence-electron chi connectivity index (χ4n) is 1.27. The molecule has 4 heteroatoms. The molecule has 0 aromatic carbocycles. The lowest BCUT2D eigenvalue weighted by Crippen LogP contribution is -2.17. The van der Waals surface area contributed by atoms with E-state index in [1.165, 1.54) is 5.56 Å². The van der Waals surface area contributed by atoms with Crippen molar-refractivity contribution in [2.24, 2.45) is 7.05 Å². The molecule has 1 rings (SSSR count). The molecule has 0 saturated heterocycles. The van der Waals surface area contributed by atoms with Crippen molar-refractivity contribution in [3.05, 3.63) is 17.5 Å². The highest BCUT2D eigenvalue weighted by Gasteiger charge is 2.05. The molecule has 0 aliphatic carbocycles. The van der Waals surface area contributed by atoms with Crippen LogP contribution in [0, 0.1) is 18.3 Å². The first-order valence-corrected chi connectivity index (χ1v) is 4.18. The predicted octanol–water partition coefficient (Wildman–Crippen LogP) is 0.684. The largest absolute Gasteiger partial charge is 0.289 e. The van der Waals surface area contributed by atoms with E-state index >= 15 is 0 Å². The van der Waals surface area contributed by atoms with Gasteiger partial charge in [0, 0.05) is 25.4 Å². The van der Waals surface area contributed by atoms with Gasteiger partial charge < -0.3 is 0 Å². The number of nitrogens with zero attached hydrogens (tertiary/aromatic N) is 4. The molecule has 0 unspecified atom stereocenters. The van der Waals surface area contributed by atoms with E-state index in [-0.39, 0.29) is 0 Å². The molecular weight excluding hydrogens is 164 g/mol. The van der Waals surface area contributed by atoms with E-state index in [1.807, 2.05) is 32.1 Å². The Hall–Kier alpha value is -1.34. The highest BCUT2D eigenvalue weighted by atomic mass is 15.3. The second-order valence-electron chi connectivity index (χ2n) is 3.24. The summed E-state index contributed by atoms with van der Waals surface area (Å²) in [6.07, 6.45) is 1.99. The monoisotopic (exact) mass is 178 g/mol. The third-order valence-electron chi connectivity index (χ3n) is 1.90. The van der Waals surface area contributed by atoms with Gasteiger partial charge in [-0.3, -0.25) is 9.58 Å². The van der Waals surface area contributed by atoms with Crippen LogP contribution in [0.1, 0.15) is 11.3 Å². The summed E-state index contributed by atoms with van der Waals surface area (Å²) < 4.78 is 1.80. The van der Waals surface area contributed by atoms with Crippen molar-refractivity contribution in [2.45, 2.75) is 13.5 Å². The van der Waals surface area contributed by atoms with Gasteiger partial charge in [-0.25, -0.2) is 0 Å². The molecule has 0 aliphatic heterocycles. The van der Waals surface area contributed by atoms with Crippen molar-refractivity contribution in [1.82, 2.24) is 14.7 Å². The Morgan fingerprint density at radius 3 is 2.85 bits per heavy atom. The summed E-state index contributed by atoms with van der Waals surface area (Å²) in [7, 11) is 3.83. The van der Waals surface area contributed by atoms with Crippen LogP contribution in [0.4, 0.5) is 0 Å². The summed E-state index contributed by atoms with van der Waals surface area (Å²) in [5.74, 6) is 0. The molecule has 0 atom stereocenters. The van der Waals surface area contributed by atoms with Gasteiger partial charge in [-0.1, -0.05) is 0 Å². The van der Waals surface area contributed by atoms with Crippen LogP contribution >= 0.6 is 0 Å². The molecular formula is C9H14N4. The first-order valence-electron chi connectivity index (χ1n) is 4.18. The number of aromatic nitrogens is 2. The highest BCUT2D eigenvalue weighted by molar-refractivity contribution is 5.14. The number of nitriles is 1. The van der Waals surface area contributed by atoms with Gasteiger partial charge in [0.25, 0.3) is 0 Å². The van der Waals surface area contributed by atoms with E-state index in [0.717, 1.165) is 12.2 Å². The van der Waals surface area contributed by atoms with Gasteiger partial charge in [-0.05, 0) is 14.0 Å². The fraction of sp³-hybridized carbons (Fsp3) is 0.556. The second-order valence-corrected chi connectivity index (χ2v) is 3.24. The maximum atomic E-state index is 8.48. The van der Waals surface area contributed by atoms with Crippen molar-refractivity contribution in [1.29, 1.82) is 5.26 Å². The minimum absolute atomic E-state index is 0.453. The third-order valence-corrected chi connectivity index (χ3v) is 1.90. The molecule has 0 saturated carbocycles. The van der Waals surface area contributed by atoms with Crippen molar-refractivity contribution in [3.8, 4) is 6.07 Å². The van der Waals surface area contributed by atoms with E-state index in [9.17, 15) is 0 Å². The smallest absolute Gasteiger partial charge is 0.0866 e. The zero-order valence-electron chi connectivity index (χ0n) is 8.28. The van der Waals surface area contributed by atoms with Crippen LogP contribution in [0.25, 0.3) is 0 Å². The molecule has 1 aromatic rings. The lowest BCUT2D eigenvalue weighted by atomic mass is 10.2. The molecule has 0 fully saturated rings. The van der Waals surface area contributed by atoms with Crippen LogP contribution in [0.5, 0.6) is 0 Å². The van der Waals surface area contributed by atoms with Crippen molar-refractivity contribution < 1.29 is 0 Å². The topological polar surface area (TPSA) is 44.9 Å². The zero-order valence-corrected chi connectivity index (χ0v) is 8.28. The number of hydrogen-bond donors (Lipinski definition) is 0. The molecule has 4 nitrogen and oxygen atoms in total. The predicted molar refractivity (Wildman–Crippen MR) is 49.9 cm³/mol. The van der Waals surface area contributed by atoms with Crippen LogP contribution in [0.15, 0.2) is 6.20 Å². The number of aryl methyl sites for hydroxylation is 2. The fourth-order valence-corrected chi connectivity index (χ4v) is 1.27. The summed E-state index contributed by atoms with van der Waals surface area (Å²) >= 11 is 0. The zero-order chi connectivity index (χ0) is 9.84. The van der Waals surface area contributed by atoms with E-state index in [0.29, 0.717) is 6.54 Å². The first-order chi connectivity index (χ1) is 6.13. The quantitative estimate of drug-likeness (QED) is 0.639. The van der Waals surface area contributed by atoms with Crippen molar-refractivity contribution >= 4 is 0 Å². The molecule has 70 valence electrons. The number of hydrogen-bond acceptors (Lipinski definition) is 3. The van der Waals surface area contributed by atoms with E-state index < -0.39 is 0 Å². The van der Waals surface area contributed by atoms with Gasteiger partial charge in [0.15, 0.2) is 0 Å². The van der Waals surface area contributed by atoms with E-state index in [4.69, 9.17) is 5.26 Å². The standard InChI is InChI=1S/C9H14N4/c1-8-9(7-13(3)11-8)6-12(2)5-4-10/h7H,5-6H2,1-3H3. The van der Waals surface area contributed by atoms with Gasteiger partial charge in [0.05, 0.1) is 18.3 Å². The second kappa shape index (κ2) is 4.06. The maximum Gasteiger partial charge on any atom is 0.0866 e. The maximum absolute atomic E-state index is 8.48. The van der Waals surface area contributed by atoms with Crippen LogP contribution < -0.4 is 0 Å². The molecule has 1 heterocycles. The Morgan fingerprint density at radius 1 is 1.69 bits per heavy atom. The Labute approximate surface area is 78.4 Å². The van der Waals surface area contributed by atoms with Crippen LogP contribution in [0.2, 0.25) is 0 Å². The molecule has 0 N–H and O–H groups in total. The lowest BCUT2D eigenvalue weighted by Gasteiger charge is -2.10. The molecule has 0 radical (unpaired) electrons. The van der Waals surface area contributed by atoms with Crippen molar-refractivity contribution in [3.63, 3.8) is 0 Å². The van der Waals surface area contributed by atoms with Gasteiger partial charge >= 0.3 is 0 Å². The van der Waals surface area contributed by atoms with Crippen LogP contribution in [-0.4, -0.2) is 28.3 Å². The minimum Gasteiger partial charge on any atom is -0.289 e. The summed E-state index contributed by atoms with van der Waals surface area (Å²) in [6.45, 7) is 3.22. The molecule has 13 heavy (non-hydrogen) atoms. The van der Waals surface area contributed by atoms with Crippen LogP contribution in [0.3, 0.4) is 0 Å². The summed E-state index contributed by atoms with van der Waals surface area (Å²) in [6, 6.07) is 2.11. The Kier molecular flexibility index (Phi) is 3.04. The summed E-state index contributed by atoms with van der Waals surface area (Å²) in [5, 5.41) is 12.7. The first kappa shape index (κ1) is 9.75. The van der Waals surface area contributed by atoms with Gasteiger partial charge in [0.2, 0.25) is 0 Å². The Bertz CT molecular complexity index is 321. The number of rotatable bonds is 3. The Balaban J connectivity index is 2.64. The van der Waals surface area contributed by atoms with E-state index in [2.05, 4.69) is 11.2 Å². The van der Waals surface area contributed by atoms with Crippen molar-refractivity contribution in [2.75, 3.05) is 13.6 Å². The van der Waals surface area contributed by atoms with Gasteiger partial charge in [-0.15, -0.1) is 0 Å². The van der Waals surface area contributed by atoms with Crippen LogP contribution in [-0.2, 0) is 13.6 Å². The average molecular weight is 178 g/mol. The molecule has 0 bridgehead atoms. The van der Waals surface area contributed by atoms with Gasteiger partial charge in [-0.2, -0.15) is 10.4 Å². The molecule has 1 aromatic heterocycles. The molecule has 0 aliphatic rings. The third kappa shape index (κ3) is 2.56. The molecule has 0 amide bonds. The molecule has 0 spiro atoms. The highest BCUT2D eigenvalue weighted by Crippen LogP contribution is 2.06. The SMILES string of the molecule is Cc1nn(C)cc1CN(C)CC#N. The average Bonchev–Trinajstić information content (AvgIpc) is 2.30. The summed E-state index contributed by atoms with van der Waals surface area (Å²) in [4.78, 5) is 1.96. The normalized spacial score (nSPS) is 10.4.